The molecule has 120 valence electrons. The lowest BCUT2D eigenvalue weighted by Crippen LogP contribution is -2.49. The lowest BCUT2D eigenvalue weighted by atomic mass is 9.79. The van der Waals surface area contributed by atoms with E-state index >= 15 is 0 Å². The second-order valence-electron chi connectivity index (χ2n) is 7.63. The fraction of sp³-hybridized carbons (Fsp3) is 0.579. The van der Waals surface area contributed by atoms with Crippen LogP contribution in [-0.2, 0) is 20.7 Å². The topological polar surface area (TPSA) is 48.4 Å². The SMILES string of the molecule is Cc1ncccc1CC12CC3CC[C@H]4OC(=O)C(=C[C@H]1C)[C@@]34O2. The molecule has 0 N–H and O–H groups in total. The number of pyridine rings is 1. The first-order valence-electron chi connectivity index (χ1n) is 8.59. The Kier molecular flexibility index (Phi) is 2.53. The second-order valence-corrected chi connectivity index (χ2v) is 7.63. The number of hydrogen-bond donors (Lipinski definition) is 0. The molecule has 2 bridgehead atoms. The molecule has 1 aromatic heterocycles. The van der Waals surface area contributed by atoms with Gasteiger partial charge in [0.1, 0.15) is 11.7 Å². The largest absolute Gasteiger partial charge is 0.455 e. The standard InChI is InChI=1S/C19H21NO3/c1-11-8-15-17(21)22-16-6-5-14-10-18(11,23-19(14,15)16)9-13-4-3-7-20-12(13)2/h3-4,7-8,11,14,16H,5-6,9-10H2,1-2H3/t11-,14?,16-,18?,19+/m1/s1. The van der Waals surface area contributed by atoms with Gasteiger partial charge >= 0.3 is 5.97 Å². The third-order valence-electron chi connectivity index (χ3n) is 6.57. The van der Waals surface area contributed by atoms with Crippen molar-refractivity contribution in [1.82, 2.24) is 4.98 Å². The molecule has 4 nitrogen and oxygen atoms in total. The van der Waals surface area contributed by atoms with E-state index in [1.54, 1.807) is 0 Å². The summed E-state index contributed by atoms with van der Waals surface area (Å²) >= 11 is 0. The van der Waals surface area contributed by atoms with E-state index in [1.165, 1.54) is 5.56 Å². The highest BCUT2D eigenvalue weighted by molar-refractivity contribution is 5.94. The summed E-state index contributed by atoms with van der Waals surface area (Å²) in [6, 6.07) is 4.14. The molecule has 0 radical (unpaired) electrons. The van der Waals surface area contributed by atoms with Crippen LogP contribution in [0.3, 0.4) is 0 Å². The third-order valence-corrected chi connectivity index (χ3v) is 6.57. The molecule has 5 atom stereocenters. The maximum absolute atomic E-state index is 12.3. The number of hydrogen-bond acceptors (Lipinski definition) is 4. The smallest absolute Gasteiger partial charge is 0.337 e. The van der Waals surface area contributed by atoms with E-state index in [4.69, 9.17) is 9.47 Å². The van der Waals surface area contributed by atoms with Crippen LogP contribution >= 0.6 is 0 Å². The highest BCUT2D eigenvalue weighted by Gasteiger charge is 2.72. The zero-order chi connectivity index (χ0) is 15.8. The van der Waals surface area contributed by atoms with Crippen molar-refractivity contribution in [2.24, 2.45) is 11.8 Å². The number of aromatic nitrogens is 1. The Morgan fingerprint density at radius 3 is 3.09 bits per heavy atom. The number of fused-ring (bicyclic) bond motifs is 1. The maximum atomic E-state index is 12.3. The van der Waals surface area contributed by atoms with Gasteiger partial charge in [0.2, 0.25) is 0 Å². The van der Waals surface area contributed by atoms with Crippen molar-refractivity contribution in [2.75, 3.05) is 0 Å². The van der Waals surface area contributed by atoms with Crippen molar-refractivity contribution in [3.8, 4) is 0 Å². The third kappa shape index (κ3) is 1.55. The summed E-state index contributed by atoms with van der Waals surface area (Å²) in [6.07, 6.45) is 7.80. The fourth-order valence-electron chi connectivity index (χ4n) is 5.36. The predicted molar refractivity (Wildman–Crippen MR) is 83.7 cm³/mol. The van der Waals surface area contributed by atoms with Gasteiger partial charge in [0.25, 0.3) is 0 Å². The molecule has 4 aliphatic rings. The molecule has 23 heavy (non-hydrogen) atoms. The lowest BCUT2D eigenvalue weighted by Gasteiger charge is -2.41. The summed E-state index contributed by atoms with van der Waals surface area (Å²) < 4.78 is 12.4. The van der Waals surface area contributed by atoms with E-state index < -0.39 is 5.60 Å². The normalized spacial score (nSPS) is 43.3. The minimum Gasteiger partial charge on any atom is -0.455 e. The van der Waals surface area contributed by atoms with Gasteiger partial charge in [0, 0.05) is 24.2 Å². The van der Waals surface area contributed by atoms with Gasteiger partial charge in [-0.25, -0.2) is 4.79 Å². The summed E-state index contributed by atoms with van der Waals surface area (Å²) in [4.78, 5) is 16.7. The number of esters is 1. The molecular formula is C19H21NO3. The van der Waals surface area contributed by atoms with Crippen molar-refractivity contribution < 1.29 is 14.3 Å². The molecule has 1 aliphatic carbocycles. The number of carbonyl (C=O) groups excluding carboxylic acids is 1. The van der Waals surface area contributed by atoms with E-state index in [0.29, 0.717) is 5.92 Å². The number of nitrogens with zero attached hydrogens (tertiary/aromatic N) is 1. The monoisotopic (exact) mass is 311 g/mol. The average molecular weight is 311 g/mol. The Bertz CT molecular complexity index is 742. The molecule has 0 aromatic carbocycles. The molecule has 2 unspecified atom stereocenters. The molecule has 3 fully saturated rings. The van der Waals surface area contributed by atoms with Crippen LogP contribution in [-0.4, -0.2) is 28.3 Å². The van der Waals surface area contributed by atoms with Crippen LogP contribution in [0.5, 0.6) is 0 Å². The lowest BCUT2D eigenvalue weighted by molar-refractivity contribution is -0.149. The van der Waals surface area contributed by atoms with Crippen molar-refractivity contribution in [2.45, 2.75) is 56.8 Å². The Morgan fingerprint density at radius 1 is 1.39 bits per heavy atom. The van der Waals surface area contributed by atoms with Gasteiger partial charge < -0.3 is 9.47 Å². The van der Waals surface area contributed by atoms with Crippen molar-refractivity contribution in [1.29, 1.82) is 0 Å². The highest BCUT2D eigenvalue weighted by Crippen LogP contribution is 2.64. The van der Waals surface area contributed by atoms with Gasteiger partial charge in [0.15, 0.2) is 0 Å². The van der Waals surface area contributed by atoms with Crippen LogP contribution in [0, 0.1) is 18.8 Å². The Hall–Kier alpha value is -1.68. The Labute approximate surface area is 135 Å². The first kappa shape index (κ1) is 13.7. The average Bonchev–Trinajstić information content (AvgIpc) is 3.07. The summed E-state index contributed by atoms with van der Waals surface area (Å²) in [5.74, 6) is 0.464. The van der Waals surface area contributed by atoms with Crippen LogP contribution in [0.4, 0.5) is 0 Å². The van der Waals surface area contributed by atoms with Gasteiger partial charge in [0.05, 0.1) is 11.2 Å². The maximum Gasteiger partial charge on any atom is 0.337 e. The fourth-order valence-corrected chi connectivity index (χ4v) is 5.36. The molecule has 2 saturated heterocycles. The molecule has 4 heterocycles. The number of rotatable bonds is 2. The Balaban J connectivity index is 1.60. The molecule has 1 spiro atoms. The minimum atomic E-state index is -0.459. The van der Waals surface area contributed by atoms with Gasteiger partial charge in [-0.15, -0.1) is 0 Å². The van der Waals surface area contributed by atoms with E-state index in [9.17, 15) is 4.79 Å². The number of aryl methyl sites for hydroxylation is 1. The van der Waals surface area contributed by atoms with E-state index in [0.717, 1.165) is 37.0 Å². The molecule has 1 aromatic rings. The molecule has 0 amide bonds. The summed E-state index contributed by atoms with van der Waals surface area (Å²) in [5, 5.41) is 0. The van der Waals surface area contributed by atoms with Crippen LogP contribution in [0.2, 0.25) is 0 Å². The molecular weight excluding hydrogens is 290 g/mol. The van der Waals surface area contributed by atoms with Crippen molar-refractivity contribution in [3.63, 3.8) is 0 Å². The van der Waals surface area contributed by atoms with Crippen LogP contribution < -0.4 is 0 Å². The van der Waals surface area contributed by atoms with Gasteiger partial charge in [-0.3, -0.25) is 4.98 Å². The van der Waals surface area contributed by atoms with Crippen molar-refractivity contribution >= 4 is 5.97 Å². The summed E-state index contributed by atoms with van der Waals surface area (Å²) in [6.45, 7) is 4.23. The number of carbonyl (C=O) groups is 1. The minimum absolute atomic E-state index is 0.0735. The predicted octanol–water partition coefficient (Wildman–Crippen LogP) is 2.74. The molecule has 3 aliphatic heterocycles. The van der Waals surface area contributed by atoms with Crippen LogP contribution in [0.15, 0.2) is 30.0 Å². The van der Waals surface area contributed by atoms with Crippen LogP contribution in [0.1, 0.15) is 37.4 Å². The molecule has 5 rings (SSSR count). The van der Waals surface area contributed by atoms with Gasteiger partial charge in [-0.05, 0) is 43.7 Å². The van der Waals surface area contributed by atoms with Crippen LogP contribution in [0.25, 0.3) is 0 Å². The van der Waals surface area contributed by atoms with Crippen molar-refractivity contribution in [3.05, 3.63) is 41.2 Å². The quantitative estimate of drug-likeness (QED) is 0.788. The van der Waals surface area contributed by atoms with Gasteiger partial charge in [-0.2, -0.15) is 0 Å². The zero-order valence-corrected chi connectivity index (χ0v) is 13.5. The van der Waals surface area contributed by atoms with Gasteiger partial charge in [-0.1, -0.05) is 19.1 Å². The highest BCUT2D eigenvalue weighted by atomic mass is 16.6. The molecule has 4 heteroatoms. The first-order chi connectivity index (χ1) is 11.1. The second kappa shape index (κ2) is 4.23. The summed E-state index contributed by atoms with van der Waals surface area (Å²) in [5.41, 5.74) is 2.43. The van der Waals surface area contributed by atoms with E-state index in [1.807, 2.05) is 12.3 Å². The molecule has 1 saturated carbocycles. The zero-order valence-electron chi connectivity index (χ0n) is 13.5. The summed E-state index contributed by atoms with van der Waals surface area (Å²) in [7, 11) is 0. The first-order valence-corrected chi connectivity index (χ1v) is 8.59. The van der Waals surface area contributed by atoms with E-state index in [-0.39, 0.29) is 23.6 Å². The number of ether oxygens (including phenoxy) is 2. The Morgan fingerprint density at radius 2 is 2.26 bits per heavy atom. The van der Waals surface area contributed by atoms with E-state index in [2.05, 4.69) is 31.0 Å².